The molecule has 0 aliphatic heterocycles. The standard InChI is InChI=1S/C35H44ClN3O5S/c1-3-44-33-18-11-10-17-31(33)39(45(2,42)43)24-12-19-34(40)38(26-28-20-22-29(36)23-21-28)32(25-27-13-6-4-7-14-27)35(41)37-30-15-8-5-9-16-30/h4,6-7,10-11,13-14,17-18,20-23,30,32H,3,5,8-9,12,15-16,19,24-26H2,1-2H3,(H,37,41)/t32-/m0/s1. The zero-order valence-electron chi connectivity index (χ0n) is 26.2. The molecule has 0 saturated heterocycles. The van der Waals surface area contributed by atoms with Crippen LogP contribution in [0.15, 0.2) is 78.9 Å². The lowest BCUT2D eigenvalue weighted by molar-refractivity contribution is -0.141. The van der Waals surface area contributed by atoms with Gasteiger partial charge >= 0.3 is 0 Å². The van der Waals surface area contributed by atoms with Crippen LogP contribution in [0.4, 0.5) is 5.69 Å². The Morgan fingerprint density at radius 1 is 0.933 bits per heavy atom. The van der Waals surface area contributed by atoms with Crippen molar-refractivity contribution in [3.05, 3.63) is 95.0 Å². The Kier molecular flexibility index (Phi) is 12.7. The Balaban J connectivity index is 1.59. The fourth-order valence-corrected chi connectivity index (χ4v) is 6.90. The van der Waals surface area contributed by atoms with Crippen LogP contribution in [0.2, 0.25) is 5.02 Å². The highest BCUT2D eigenvalue weighted by molar-refractivity contribution is 7.92. The molecule has 0 radical (unpaired) electrons. The molecule has 10 heteroatoms. The van der Waals surface area contributed by atoms with Gasteiger partial charge in [0.15, 0.2) is 0 Å². The maximum Gasteiger partial charge on any atom is 0.243 e. The second-order valence-corrected chi connectivity index (χ2v) is 13.9. The molecule has 1 fully saturated rings. The second kappa shape index (κ2) is 16.7. The molecule has 4 rings (SSSR count). The number of sulfonamides is 1. The van der Waals surface area contributed by atoms with Crippen molar-refractivity contribution in [1.29, 1.82) is 0 Å². The maximum absolute atomic E-state index is 14.1. The van der Waals surface area contributed by atoms with E-state index >= 15 is 0 Å². The lowest BCUT2D eigenvalue weighted by atomic mass is 9.94. The fourth-order valence-electron chi connectivity index (χ4n) is 5.81. The van der Waals surface area contributed by atoms with Crippen molar-refractivity contribution < 1.29 is 22.7 Å². The van der Waals surface area contributed by atoms with E-state index in [0.29, 0.717) is 29.5 Å². The molecule has 3 aromatic rings. The topological polar surface area (TPSA) is 96.0 Å². The van der Waals surface area contributed by atoms with Gasteiger partial charge in [-0.3, -0.25) is 13.9 Å². The van der Waals surface area contributed by atoms with Gasteiger partial charge in [0, 0.05) is 37.0 Å². The Labute approximate surface area is 272 Å². The molecule has 1 N–H and O–H groups in total. The van der Waals surface area contributed by atoms with Crippen molar-refractivity contribution in [1.82, 2.24) is 10.2 Å². The molecule has 0 bridgehead atoms. The first kappa shape index (κ1) is 34.3. The van der Waals surface area contributed by atoms with Crippen LogP contribution in [0.5, 0.6) is 5.75 Å². The minimum absolute atomic E-state index is 0.0540. The summed E-state index contributed by atoms with van der Waals surface area (Å²) in [4.78, 5) is 29.7. The van der Waals surface area contributed by atoms with E-state index in [1.54, 1.807) is 41.3 Å². The minimum Gasteiger partial charge on any atom is -0.492 e. The quantitative estimate of drug-likeness (QED) is 0.206. The van der Waals surface area contributed by atoms with Gasteiger partial charge in [-0.15, -0.1) is 0 Å². The SMILES string of the molecule is CCOc1ccccc1N(CCCC(=O)N(Cc1ccc(Cl)cc1)[C@@H](Cc1ccccc1)C(=O)NC1CCCCC1)S(C)(=O)=O. The Morgan fingerprint density at radius 2 is 1.60 bits per heavy atom. The predicted octanol–water partition coefficient (Wildman–Crippen LogP) is 6.37. The summed E-state index contributed by atoms with van der Waals surface area (Å²) < 4.78 is 32.7. The molecular weight excluding hydrogens is 610 g/mol. The van der Waals surface area contributed by atoms with Crippen molar-refractivity contribution >= 4 is 39.1 Å². The number of ether oxygens (including phenoxy) is 1. The van der Waals surface area contributed by atoms with Crippen molar-refractivity contribution in [2.45, 2.75) is 76.9 Å². The van der Waals surface area contributed by atoms with Gasteiger partial charge in [-0.05, 0) is 61.6 Å². The number of hydrogen-bond donors (Lipinski definition) is 1. The van der Waals surface area contributed by atoms with E-state index in [4.69, 9.17) is 16.3 Å². The van der Waals surface area contributed by atoms with Crippen LogP contribution in [-0.2, 0) is 32.6 Å². The molecule has 1 aliphatic carbocycles. The maximum atomic E-state index is 14.1. The summed E-state index contributed by atoms with van der Waals surface area (Å²) >= 11 is 6.15. The average Bonchev–Trinajstić information content (AvgIpc) is 3.03. The third-order valence-electron chi connectivity index (χ3n) is 8.07. The normalized spacial score (nSPS) is 14.4. The zero-order valence-corrected chi connectivity index (χ0v) is 27.7. The van der Waals surface area contributed by atoms with Crippen LogP contribution in [0.25, 0.3) is 0 Å². The van der Waals surface area contributed by atoms with Crippen LogP contribution in [-0.4, -0.2) is 56.6 Å². The molecule has 2 amide bonds. The molecular formula is C35H44ClN3O5S. The van der Waals surface area contributed by atoms with Crippen LogP contribution < -0.4 is 14.4 Å². The molecule has 1 atom stereocenters. The number of carbonyl (C=O) groups is 2. The van der Waals surface area contributed by atoms with E-state index in [0.717, 1.165) is 43.1 Å². The molecule has 8 nitrogen and oxygen atoms in total. The van der Waals surface area contributed by atoms with Crippen molar-refractivity contribution in [2.24, 2.45) is 0 Å². The summed E-state index contributed by atoms with van der Waals surface area (Å²) in [6.45, 7) is 2.53. The largest absolute Gasteiger partial charge is 0.492 e. The number of anilines is 1. The summed E-state index contributed by atoms with van der Waals surface area (Å²) in [6, 6.07) is 23.3. The molecule has 1 aliphatic rings. The summed E-state index contributed by atoms with van der Waals surface area (Å²) in [5.74, 6) is 0.0658. The van der Waals surface area contributed by atoms with E-state index in [-0.39, 0.29) is 43.8 Å². The minimum atomic E-state index is -3.66. The summed E-state index contributed by atoms with van der Waals surface area (Å²) in [5, 5.41) is 3.83. The average molecular weight is 654 g/mol. The molecule has 242 valence electrons. The number of para-hydroxylation sites is 2. The van der Waals surface area contributed by atoms with Crippen molar-refractivity contribution in [3.63, 3.8) is 0 Å². The number of amides is 2. The highest BCUT2D eigenvalue weighted by Crippen LogP contribution is 2.30. The van der Waals surface area contributed by atoms with E-state index in [1.807, 2.05) is 49.4 Å². The smallest absolute Gasteiger partial charge is 0.243 e. The van der Waals surface area contributed by atoms with Gasteiger partial charge in [0.1, 0.15) is 11.8 Å². The summed E-state index contributed by atoms with van der Waals surface area (Å²) in [5.41, 5.74) is 2.23. The Morgan fingerprint density at radius 3 is 2.27 bits per heavy atom. The van der Waals surface area contributed by atoms with Crippen LogP contribution in [0, 0.1) is 0 Å². The molecule has 0 aromatic heterocycles. The number of halogens is 1. The van der Waals surface area contributed by atoms with Crippen molar-refractivity contribution in [2.75, 3.05) is 23.7 Å². The van der Waals surface area contributed by atoms with Crippen LogP contribution in [0.1, 0.15) is 63.0 Å². The molecule has 3 aromatic carbocycles. The van der Waals surface area contributed by atoms with Crippen LogP contribution in [0.3, 0.4) is 0 Å². The molecule has 1 saturated carbocycles. The third kappa shape index (κ3) is 10.2. The lowest BCUT2D eigenvalue weighted by Gasteiger charge is -2.34. The Hall–Kier alpha value is -3.56. The first-order valence-electron chi connectivity index (χ1n) is 15.7. The molecule has 0 unspecified atom stereocenters. The highest BCUT2D eigenvalue weighted by atomic mass is 35.5. The van der Waals surface area contributed by atoms with Crippen molar-refractivity contribution in [3.8, 4) is 5.75 Å². The third-order valence-corrected chi connectivity index (χ3v) is 9.51. The van der Waals surface area contributed by atoms with Gasteiger partial charge in [0.2, 0.25) is 21.8 Å². The summed E-state index contributed by atoms with van der Waals surface area (Å²) in [7, 11) is -3.66. The molecule has 45 heavy (non-hydrogen) atoms. The van der Waals surface area contributed by atoms with E-state index < -0.39 is 16.1 Å². The number of nitrogens with one attached hydrogen (secondary N) is 1. The molecule has 0 heterocycles. The zero-order chi connectivity index (χ0) is 32.2. The first-order chi connectivity index (χ1) is 21.7. The van der Waals surface area contributed by atoms with E-state index in [2.05, 4.69) is 5.32 Å². The van der Waals surface area contributed by atoms with Gasteiger partial charge in [0.05, 0.1) is 18.6 Å². The number of rotatable bonds is 15. The first-order valence-corrected chi connectivity index (χ1v) is 18.0. The monoisotopic (exact) mass is 653 g/mol. The van der Waals surface area contributed by atoms with Crippen LogP contribution >= 0.6 is 11.6 Å². The highest BCUT2D eigenvalue weighted by Gasteiger charge is 2.32. The van der Waals surface area contributed by atoms with Gasteiger partial charge in [-0.25, -0.2) is 8.42 Å². The lowest BCUT2D eigenvalue weighted by Crippen LogP contribution is -2.52. The van der Waals surface area contributed by atoms with Gasteiger partial charge in [0.25, 0.3) is 0 Å². The van der Waals surface area contributed by atoms with E-state index in [9.17, 15) is 18.0 Å². The second-order valence-electron chi connectivity index (χ2n) is 11.5. The van der Waals surface area contributed by atoms with Gasteiger partial charge < -0.3 is 15.0 Å². The fraction of sp³-hybridized carbons (Fsp3) is 0.429. The number of carbonyl (C=O) groups excluding carboxylic acids is 2. The van der Waals surface area contributed by atoms with Gasteiger partial charge in [-0.1, -0.05) is 85.5 Å². The number of hydrogen-bond acceptors (Lipinski definition) is 5. The Bertz CT molecular complexity index is 1500. The number of nitrogens with zero attached hydrogens (tertiary/aromatic N) is 2. The number of benzene rings is 3. The van der Waals surface area contributed by atoms with E-state index in [1.165, 1.54) is 10.7 Å². The predicted molar refractivity (Wildman–Crippen MR) is 180 cm³/mol. The molecule has 0 spiro atoms. The summed E-state index contributed by atoms with van der Waals surface area (Å²) in [6.07, 6.45) is 6.99. The van der Waals surface area contributed by atoms with Gasteiger partial charge in [-0.2, -0.15) is 0 Å².